The number of thioether (sulfide) groups is 2. The fourth-order valence-corrected chi connectivity index (χ4v) is 2.75. The molecule has 0 aromatic heterocycles. The molecule has 0 nitrogen and oxygen atoms in total. The van der Waals surface area contributed by atoms with Gasteiger partial charge >= 0.3 is 0 Å². The van der Waals surface area contributed by atoms with Crippen LogP contribution in [0.15, 0.2) is 0 Å². The zero-order chi connectivity index (χ0) is 10.2. The van der Waals surface area contributed by atoms with Crippen molar-refractivity contribution in [2.24, 2.45) is 0 Å². The predicted octanol–water partition coefficient (Wildman–Crippen LogP) is 4.58. The Hall–Kier alpha value is 0.700. The standard InChI is InChI=1S/C7H14S.C5H10S/c1-2-3-4-5-7-6-8-7;1-2-3-5-4-6-5/h7H,2-6H2,1H3;5H,2-4H2,1H3. The molecule has 2 atom stereocenters. The molecule has 0 saturated carbocycles. The normalized spacial score (nSPS) is 27.9. The van der Waals surface area contributed by atoms with Crippen LogP contribution in [0.1, 0.15) is 52.4 Å². The van der Waals surface area contributed by atoms with E-state index >= 15 is 0 Å². The van der Waals surface area contributed by atoms with Gasteiger partial charge in [0, 0.05) is 22.0 Å². The first-order valence-electron chi connectivity index (χ1n) is 6.10. The number of hydrogen-bond acceptors (Lipinski definition) is 2. The van der Waals surface area contributed by atoms with E-state index in [2.05, 4.69) is 37.4 Å². The lowest BCUT2D eigenvalue weighted by molar-refractivity contribution is 0.682. The lowest BCUT2D eigenvalue weighted by Gasteiger charge is -1.91. The van der Waals surface area contributed by atoms with E-state index in [4.69, 9.17) is 0 Å². The second-order valence-corrected chi connectivity index (χ2v) is 6.86. The van der Waals surface area contributed by atoms with Gasteiger partial charge < -0.3 is 0 Å². The Balaban J connectivity index is 0.000000146. The van der Waals surface area contributed by atoms with Crippen molar-refractivity contribution in [2.45, 2.75) is 62.9 Å². The lowest BCUT2D eigenvalue weighted by atomic mass is 10.2. The van der Waals surface area contributed by atoms with Crippen molar-refractivity contribution in [3.63, 3.8) is 0 Å². The largest absolute Gasteiger partial charge is 0.157 e. The van der Waals surface area contributed by atoms with E-state index in [1.807, 2.05) is 0 Å². The Kier molecular flexibility index (Phi) is 7.23. The average molecular weight is 232 g/mol. The third kappa shape index (κ3) is 8.05. The Labute approximate surface area is 98.0 Å². The van der Waals surface area contributed by atoms with Crippen LogP contribution in [-0.4, -0.2) is 22.0 Å². The maximum Gasteiger partial charge on any atom is 0.0138 e. The molecule has 2 heterocycles. The van der Waals surface area contributed by atoms with Crippen molar-refractivity contribution in [3.8, 4) is 0 Å². The molecule has 2 unspecified atom stereocenters. The maximum atomic E-state index is 2.26. The van der Waals surface area contributed by atoms with Crippen LogP contribution in [0.5, 0.6) is 0 Å². The minimum Gasteiger partial charge on any atom is -0.157 e. The molecule has 0 radical (unpaired) electrons. The van der Waals surface area contributed by atoms with E-state index in [-0.39, 0.29) is 0 Å². The minimum atomic E-state index is 1.06. The number of hydrogen-bond donors (Lipinski definition) is 0. The van der Waals surface area contributed by atoms with Gasteiger partial charge in [-0.15, -0.1) is 0 Å². The summed E-state index contributed by atoms with van der Waals surface area (Å²) in [4.78, 5) is 0. The van der Waals surface area contributed by atoms with Crippen molar-refractivity contribution in [3.05, 3.63) is 0 Å². The fraction of sp³-hybridized carbons (Fsp3) is 1.00. The molecule has 2 fully saturated rings. The van der Waals surface area contributed by atoms with E-state index in [9.17, 15) is 0 Å². The highest BCUT2D eigenvalue weighted by molar-refractivity contribution is 8.07. The van der Waals surface area contributed by atoms with Crippen LogP contribution in [0.25, 0.3) is 0 Å². The topological polar surface area (TPSA) is 0 Å². The highest BCUT2D eigenvalue weighted by atomic mass is 32.2. The molecule has 0 aromatic rings. The smallest absolute Gasteiger partial charge is 0.0138 e. The summed E-state index contributed by atoms with van der Waals surface area (Å²) in [5, 5.41) is 2.14. The number of unbranched alkanes of at least 4 members (excludes halogenated alkanes) is 2. The van der Waals surface area contributed by atoms with Gasteiger partial charge in [-0.1, -0.05) is 39.5 Å². The maximum absolute atomic E-state index is 2.26. The molecular formula is C12H24S2. The van der Waals surface area contributed by atoms with E-state index in [1.165, 1.54) is 50.0 Å². The van der Waals surface area contributed by atoms with Gasteiger partial charge in [0.2, 0.25) is 0 Å². The van der Waals surface area contributed by atoms with E-state index < -0.39 is 0 Å². The SMILES string of the molecule is CCCC1CS1.CCCCCC1CS1. The number of rotatable bonds is 6. The summed E-state index contributed by atoms with van der Waals surface area (Å²) in [6.07, 6.45) is 8.59. The Bertz CT molecular complexity index is 128. The van der Waals surface area contributed by atoms with E-state index in [0.717, 1.165) is 10.5 Å². The molecule has 0 aliphatic carbocycles. The molecule has 2 saturated heterocycles. The van der Waals surface area contributed by atoms with Crippen molar-refractivity contribution >= 4 is 23.5 Å². The zero-order valence-electron chi connectivity index (χ0n) is 9.63. The average Bonchev–Trinajstić information content (AvgIpc) is 3.01. The second-order valence-electron chi connectivity index (χ2n) is 4.20. The van der Waals surface area contributed by atoms with Crippen molar-refractivity contribution in [2.75, 3.05) is 11.5 Å². The van der Waals surface area contributed by atoms with Gasteiger partial charge in [-0.2, -0.15) is 23.5 Å². The second kappa shape index (κ2) is 7.92. The van der Waals surface area contributed by atoms with Crippen molar-refractivity contribution in [1.29, 1.82) is 0 Å². The van der Waals surface area contributed by atoms with Gasteiger partial charge in [-0.3, -0.25) is 0 Å². The molecule has 0 N–H and O–H groups in total. The van der Waals surface area contributed by atoms with Crippen LogP contribution in [0.2, 0.25) is 0 Å². The van der Waals surface area contributed by atoms with Crippen molar-refractivity contribution < 1.29 is 0 Å². The lowest BCUT2D eigenvalue weighted by Crippen LogP contribution is -1.81. The van der Waals surface area contributed by atoms with Crippen LogP contribution < -0.4 is 0 Å². The van der Waals surface area contributed by atoms with Gasteiger partial charge in [0.25, 0.3) is 0 Å². The minimum absolute atomic E-state index is 1.06. The summed E-state index contributed by atoms with van der Waals surface area (Å²) in [6.45, 7) is 4.51. The van der Waals surface area contributed by atoms with Gasteiger partial charge in [0.15, 0.2) is 0 Å². The molecular weight excluding hydrogens is 208 g/mol. The third-order valence-electron chi connectivity index (χ3n) is 2.55. The summed E-state index contributed by atoms with van der Waals surface area (Å²) < 4.78 is 0. The fourth-order valence-electron chi connectivity index (χ4n) is 1.41. The van der Waals surface area contributed by atoms with Gasteiger partial charge in [-0.05, 0) is 12.8 Å². The van der Waals surface area contributed by atoms with Gasteiger partial charge in [-0.25, -0.2) is 0 Å². The molecule has 2 aliphatic rings. The summed E-state index contributed by atoms with van der Waals surface area (Å²) in [5.74, 6) is 2.89. The van der Waals surface area contributed by atoms with Gasteiger partial charge in [0.05, 0.1) is 0 Å². The van der Waals surface area contributed by atoms with Crippen LogP contribution in [0.4, 0.5) is 0 Å². The summed E-state index contributed by atoms with van der Waals surface area (Å²) in [6, 6.07) is 0. The summed E-state index contributed by atoms with van der Waals surface area (Å²) in [7, 11) is 0. The molecule has 84 valence electrons. The highest BCUT2D eigenvalue weighted by Crippen LogP contribution is 2.34. The molecule has 0 aromatic carbocycles. The van der Waals surface area contributed by atoms with Crippen LogP contribution >= 0.6 is 23.5 Å². The van der Waals surface area contributed by atoms with Crippen LogP contribution in [-0.2, 0) is 0 Å². The van der Waals surface area contributed by atoms with E-state index in [0.29, 0.717) is 0 Å². The molecule has 2 aliphatic heterocycles. The molecule has 2 heteroatoms. The Morgan fingerprint density at radius 1 is 0.857 bits per heavy atom. The van der Waals surface area contributed by atoms with E-state index in [1.54, 1.807) is 0 Å². The quantitative estimate of drug-likeness (QED) is 0.485. The first-order chi connectivity index (χ1) is 6.86. The molecule has 0 spiro atoms. The van der Waals surface area contributed by atoms with Crippen LogP contribution in [0.3, 0.4) is 0 Å². The molecule has 14 heavy (non-hydrogen) atoms. The summed E-state index contributed by atoms with van der Waals surface area (Å²) >= 11 is 4.21. The first kappa shape index (κ1) is 12.8. The Morgan fingerprint density at radius 2 is 1.43 bits per heavy atom. The predicted molar refractivity (Wildman–Crippen MR) is 71.5 cm³/mol. The van der Waals surface area contributed by atoms with Crippen molar-refractivity contribution in [1.82, 2.24) is 0 Å². The molecule has 2 rings (SSSR count). The molecule has 0 bridgehead atoms. The van der Waals surface area contributed by atoms with Crippen LogP contribution in [0, 0.1) is 0 Å². The summed E-state index contributed by atoms with van der Waals surface area (Å²) in [5.41, 5.74) is 0. The zero-order valence-corrected chi connectivity index (χ0v) is 11.3. The molecule has 0 amide bonds. The van der Waals surface area contributed by atoms with Gasteiger partial charge in [0.1, 0.15) is 0 Å². The Morgan fingerprint density at radius 3 is 1.79 bits per heavy atom. The highest BCUT2D eigenvalue weighted by Gasteiger charge is 2.20. The first-order valence-corrected chi connectivity index (χ1v) is 8.19. The monoisotopic (exact) mass is 232 g/mol. The third-order valence-corrected chi connectivity index (χ3v) is 4.63.